The summed E-state index contributed by atoms with van der Waals surface area (Å²) < 4.78 is 4.92. The molecule has 0 atom stereocenters. The van der Waals surface area contributed by atoms with Crippen molar-refractivity contribution in [2.75, 3.05) is 0 Å². The van der Waals surface area contributed by atoms with Crippen molar-refractivity contribution in [1.29, 1.82) is 21.0 Å². The van der Waals surface area contributed by atoms with Crippen LogP contribution in [0.1, 0.15) is 108 Å². The highest BCUT2D eigenvalue weighted by atomic mass is 32.1. The average molecular weight is 1360 g/mol. The molecule has 18 rings (SSSR count). The third-order valence-corrected chi connectivity index (χ3v) is 27.3. The summed E-state index contributed by atoms with van der Waals surface area (Å²) in [7, 11) is 0. The largest absolute Gasteiger partial charge is 0.289 e. The summed E-state index contributed by atoms with van der Waals surface area (Å²) in [5, 5.41) is 42.6. The van der Waals surface area contributed by atoms with Gasteiger partial charge in [-0.05, 0) is 167 Å². The average Bonchev–Trinajstić information content (AvgIpc) is 1.49. The SMILES string of the molecule is Cc1ccc(C2(c3ccc(C)cc3)c3cc4cc(-c5ccc(/C=C6\C(=O)c7ccccc7C6=C(C#N)C#N)s5)sc4cc3-c3sc4c5c(sc4c32)-c2cc3sc(-c4ccc(/C=C6\C(=O)c7ccccc7C6=C(C#N)C#N)s4)cc3cc2C5(c2ccc(C)cc2)c2ccc(C)cc2)cc1. The number of nitriles is 4. The van der Waals surface area contributed by atoms with E-state index >= 15 is 0 Å². The lowest BCUT2D eigenvalue weighted by atomic mass is 9.66. The van der Waals surface area contributed by atoms with Crippen LogP contribution in [0.4, 0.5) is 0 Å². The van der Waals surface area contributed by atoms with Gasteiger partial charge in [-0.3, -0.25) is 9.59 Å². The molecule has 98 heavy (non-hydrogen) atoms. The van der Waals surface area contributed by atoms with Gasteiger partial charge in [0.1, 0.15) is 35.4 Å². The van der Waals surface area contributed by atoms with Crippen molar-refractivity contribution < 1.29 is 9.59 Å². The van der Waals surface area contributed by atoms with E-state index in [-0.39, 0.29) is 22.7 Å². The topological polar surface area (TPSA) is 129 Å². The number of rotatable bonds is 8. The maximum atomic E-state index is 14.0. The second-order valence-electron chi connectivity index (χ2n) is 25.5. The number of Topliss-reactive ketones (excluding diaryl/α,β-unsaturated/α-hetero) is 2. The van der Waals surface area contributed by atoms with Gasteiger partial charge >= 0.3 is 0 Å². The molecule has 0 bridgehead atoms. The van der Waals surface area contributed by atoms with E-state index < -0.39 is 10.8 Å². The summed E-state index contributed by atoms with van der Waals surface area (Å²) in [4.78, 5) is 36.6. The fourth-order valence-corrected chi connectivity index (χ4v) is 22.9. The third kappa shape index (κ3) is 8.54. The Kier molecular flexibility index (Phi) is 13.5. The van der Waals surface area contributed by atoms with E-state index in [4.69, 9.17) is 0 Å². The highest BCUT2D eigenvalue weighted by Gasteiger charge is 2.54. The molecule has 6 nitrogen and oxygen atoms in total. The molecule has 14 aromatic rings. The zero-order chi connectivity index (χ0) is 66.6. The Morgan fingerprint density at radius 1 is 0.357 bits per heavy atom. The van der Waals surface area contributed by atoms with Crippen molar-refractivity contribution in [3.8, 4) is 64.7 Å². The van der Waals surface area contributed by atoms with Crippen LogP contribution in [0.3, 0.4) is 0 Å². The predicted octanol–water partition coefficient (Wildman–Crippen LogP) is 23.0. The fraction of sp³-hybridized carbons (Fsp3) is 0.0698. The van der Waals surface area contributed by atoms with Gasteiger partial charge in [-0.15, -0.1) is 68.0 Å². The van der Waals surface area contributed by atoms with Crippen molar-refractivity contribution in [2.24, 2.45) is 0 Å². The number of carbonyl (C=O) groups excluding carboxylic acids is 2. The first-order valence-corrected chi connectivity index (χ1v) is 36.8. The normalized spacial score (nSPS) is 15.1. The number of hydrogen-bond acceptors (Lipinski definition) is 12. The first kappa shape index (κ1) is 59.5. The molecule has 0 amide bonds. The fourth-order valence-electron chi connectivity index (χ4n) is 15.5. The molecule has 0 aliphatic heterocycles. The van der Waals surface area contributed by atoms with E-state index in [0.717, 1.165) is 40.0 Å². The monoisotopic (exact) mass is 1360 g/mol. The summed E-state index contributed by atoms with van der Waals surface area (Å²) in [6.45, 7) is 8.65. The number of thiophene rings is 6. The molecule has 8 aromatic carbocycles. The maximum absolute atomic E-state index is 14.0. The lowest BCUT2D eigenvalue weighted by molar-refractivity contribution is 0.103. The van der Waals surface area contributed by atoms with E-state index in [1.807, 2.05) is 83.4 Å². The van der Waals surface area contributed by atoms with Crippen molar-refractivity contribution in [2.45, 2.75) is 38.5 Å². The third-order valence-electron chi connectivity index (χ3n) is 20.0. The van der Waals surface area contributed by atoms with Crippen molar-refractivity contribution in [1.82, 2.24) is 0 Å². The molecule has 6 heterocycles. The summed E-state index contributed by atoms with van der Waals surface area (Å²) in [5.74, 6) is -0.388. The van der Waals surface area contributed by atoms with E-state index in [1.54, 1.807) is 57.5 Å². The molecule has 12 heteroatoms. The number of hydrogen-bond donors (Lipinski definition) is 0. The Bertz CT molecular complexity index is 5730. The van der Waals surface area contributed by atoms with E-state index in [1.165, 1.54) is 106 Å². The molecule has 4 aliphatic rings. The van der Waals surface area contributed by atoms with Crippen LogP contribution in [0.25, 0.3) is 93.3 Å². The highest BCUT2D eigenvalue weighted by Crippen LogP contribution is 2.69. The van der Waals surface area contributed by atoms with Crippen molar-refractivity contribution >= 4 is 132 Å². The molecular weight excluding hydrogens is 1310 g/mol. The second-order valence-corrected chi connectivity index (χ2v) is 32.0. The molecule has 0 fully saturated rings. The molecule has 0 radical (unpaired) electrons. The Morgan fingerprint density at radius 2 is 0.694 bits per heavy atom. The second kappa shape index (κ2) is 22.3. The van der Waals surface area contributed by atoms with Crippen LogP contribution in [-0.4, -0.2) is 11.6 Å². The van der Waals surface area contributed by atoms with Gasteiger partial charge in [-0.2, -0.15) is 21.0 Å². The number of ketones is 2. The van der Waals surface area contributed by atoms with E-state index in [2.05, 4.69) is 198 Å². The van der Waals surface area contributed by atoms with Gasteiger partial charge < -0.3 is 0 Å². The zero-order valence-electron chi connectivity index (χ0n) is 52.8. The molecule has 0 saturated carbocycles. The van der Waals surface area contributed by atoms with Crippen LogP contribution >= 0.6 is 68.0 Å². The summed E-state index contributed by atoms with van der Waals surface area (Å²) in [6.07, 6.45) is 3.68. The van der Waals surface area contributed by atoms with Crippen LogP contribution in [0, 0.1) is 73.0 Å². The van der Waals surface area contributed by atoms with Gasteiger partial charge in [-0.25, -0.2) is 0 Å². The van der Waals surface area contributed by atoms with Gasteiger partial charge in [0.2, 0.25) is 0 Å². The Balaban J connectivity index is 0.836. The maximum Gasteiger partial charge on any atom is 0.194 e. The lowest BCUT2D eigenvalue weighted by Crippen LogP contribution is -2.29. The van der Waals surface area contributed by atoms with E-state index in [9.17, 15) is 30.6 Å². The highest BCUT2D eigenvalue weighted by molar-refractivity contribution is 7.32. The van der Waals surface area contributed by atoms with Crippen LogP contribution in [0.2, 0.25) is 0 Å². The van der Waals surface area contributed by atoms with E-state index in [0.29, 0.717) is 44.5 Å². The van der Waals surface area contributed by atoms with Gasteiger partial charge in [0.25, 0.3) is 0 Å². The molecule has 0 saturated heterocycles. The molecule has 0 unspecified atom stereocenters. The van der Waals surface area contributed by atoms with Crippen LogP contribution < -0.4 is 0 Å². The van der Waals surface area contributed by atoms with Crippen LogP contribution in [-0.2, 0) is 10.8 Å². The molecule has 4 aliphatic carbocycles. The van der Waals surface area contributed by atoms with Gasteiger partial charge in [0.15, 0.2) is 11.6 Å². The minimum absolute atomic E-state index is 0.0790. The van der Waals surface area contributed by atoms with Crippen molar-refractivity contribution in [3.05, 3.63) is 327 Å². The van der Waals surface area contributed by atoms with Crippen LogP contribution in [0.15, 0.2) is 229 Å². The minimum atomic E-state index is -0.730. The summed E-state index contributed by atoms with van der Waals surface area (Å²) >= 11 is 10.6. The first-order chi connectivity index (χ1) is 47.8. The number of benzene rings is 8. The number of allylic oxidation sites excluding steroid dienone is 6. The van der Waals surface area contributed by atoms with Gasteiger partial charge in [0, 0.05) is 93.0 Å². The van der Waals surface area contributed by atoms with Gasteiger partial charge in [0.05, 0.1) is 20.2 Å². The molecule has 0 N–H and O–H groups in total. The number of nitrogens with zero attached hydrogens (tertiary/aromatic N) is 4. The quantitative estimate of drug-likeness (QED) is 0.110. The molecule has 460 valence electrons. The smallest absolute Gasteiger partial charge is 0.194 e. The minimum Gasteiger partial charge on any atom is -0.289 e. The summed E-state index contributed by atoms with van der Waals surface area (Å²) in [6, 6.07) is 82.3. The number of carbonyl (C=O) groups is 2. The predicted molar refractivity (Wildman–Crippen MR) is 404 cm³/mol. The van der Waals surface area contributed by atoms with Crippen molar-refractivity contribution in [3.63, 3.8) is 0 Å². The van der Waals surface area contributed by atoms with Crippen LogP contribution in [0.5, 0.6) is 0 Å². The number of aryl methyl sites for hydroxylation is 4. The molecular formula is C86H48N4O2S6. The molecule has 0 spiro atoms. The lowest BCUT2D eigenvalue weighted by Gasteiger charge is -2.34. The van der Waals surface area contributed by atoms with Gasteiger partial charge in [-0.1, -0.05) is 168 Å². The molecule has 6 aromatic heterocycles. The Hall–Kier alpha value is -11.0. The zero-order valence-corrected chi connectivity index (χ0v) is 57.7. The number of fused-ring (bicyclic) bond motifs is 13. The Labute approximate surface area is 588 Å². The standard InChI is InChI=1S/C86H48N4O2S6/c1-45-13-21-53(22-14-45)85(54-23-15-46(2)16-24-54)67-33-49-35-73(69-31-29-57(93-69)37-65-75(51(41-87)42-88)59-9-5-7-11-61(59)79(65)91)95-71(49)39-63(67)81-77(85)83-84(97-81)78-82(98-83)64-40-72-50(34-68(64)86(78,55-25-17-47(3)18-26-55)56-27-19-48(4)20-28-56)36-74(96-72)70-32-30-58(94-70)38-66-76(52(43-89)44-90)60-10-6-8-12-62(60)80(66)92/h5-40H,1-4H3/b65-37-,66-38-. The Morgan fingerprint density at radius 3 is 1.03 bits per heavy atom. The summed E-state index contributed by atoms with van der Waals surface area (Å²) in [5.41, 5.74) is 19.2. The first-order valence-electron chi connectivity index (χ1n) is 31.9.